The highest BCUT2D eigenvalue weighted by molar-refractivity contribution is 8.38. The summed E-state index contributed by atoms with van der Waals surface area (Å²) in [6, 6.07) is 2.47. The Morgan fingerprint density at radius 1 is 1.14 bits per heavy atom. The molecule has 0 aliphatic rings. The van der Waals surface area contributed by atoms with Crippen molar-refractivity contribution in [1.82, 2.24) is 0 Å². The van der Waals surface area contributed by atoms with Crippen molar-refractivity contribution in [3.8, 4) is 12.1 Å². The molecule has 0 saturated carbocycles. The van der Waals surface area contributed by atoms with E-state index in [1.54, 1.807) is 0 Å². The lowest BCUT2D eigenvalue weighted by Gasteiger charge is -1.40. The van der Waals surface area contributed by atoms with E-state index >= 15 is 0 Å². The Labute approximate surface area is 54.6 Å². The molecule has 0 heterocycles. The van der Waals surface area contributed by atoms with E-state index in [0.717, 1.165) is 0 Å². The average molecular weight is 155 g/mol. The Kier molecular flexibility index (Phi) is 24.1. The Balaban J connectivity index is 0. The maximum Gasteiger partial charge on any atom is 0.181 e. The van der Waals surface area contributed by atoms with Crippen LogP contribution in [0.5, 0.6) is 0 Å². The van der Waals surface area contributed by atoms with Gasteiger partial charge in [0.25, 0.3) is 0 Å². The molecule has 0 rings (SSSR count). The monoisotopic (exact) mass is 154 g/mol. The van der Waals surface area contributed by atoms with Gasteiger partial charge in [-0.25, -0.2) is 0 Å². The molecule has 0 fully saturated rings. The molecule has 0 aliphatic carbocycles. The normalized spacial score (nSPS) is 4.00. The van der Waals surface area contributed by atoms with Gasteiger partial charge < -0.3 is 0 Å². The van der Waals surface area contributed by atoms with Crippen molar-refractivity contribution in [3.63, 3.8) is 0 Å². The Hall–Kier alpha value is -0.0900. The van der Waals surface area contributed by atoms with Gasteiger partial charge >= 0.3 is 0 Å². The van der Waals surface area contributed by atoms with E-state index in [1.807, 2.05) is 0 Å². The fourth-order valence-electron chi connectivity index (χ4n) is 0. The first-order valence-corrected chi connectivity index (χ1v) is 3.47. The van der Waals surface area contributed by atoms with Crippen molar-refractivity contribution >= 4 is 31.6 Å². The van der Waals surface area contributed by atoms with Crippen LogP contribution in [0, 0.1) is 22.7 Å². The molecule has 0 atom stereocenters. The van der Waals surface area contributed by atoms with E-state index in [9.17, 15) is 0 Å². The summed E-state index contributed by atoms with van der Waals surface area (Å²) < 4.78 is 0. The minimum Gasteiger partial charge on any atom is -0.181 e. The number of hydrogen-bond donors (Lipinski definition) is 0. The molecule has 2 nitrogen and oxygen atoms in total. The first-order valence-electron chi connectivity index (χ1n) is 1.01. The lowest BCUT2D eigenvalue weighted by Crippen LogP contribution is -1.26. The van der Waals surface area contributed by atoms with Crippen LogP contribution in [-0.2, 0) is 0 Å². The predicted octanol–water partition coefficient (Wildman–Crippen LogP) is 2.06. The van der Waals surface area contributed by atoms with Gasteiger partial charge in [-0.1, -0.05) is 0 Å². The zero-order chi connectivity index (χ0) is 6.12. The molecular weight excluding hydrogens is 155 g/mol. The molecule has 0 aromatic rings. The molecular formula is C2Cl2N2S. The molecule has 0 aliphatic heterocycles. The largest absolute Gasteiger partial charge is 0.181 e. The summed E-state index contributed by atoms with van der Waals surface area (Å²) in [5.41, 5.74) is 0. The van der Waals surface area contributed by atoms with E-state index in [2.05, 4.69) is 21.4 Å². The number of nitriles is 2. The summed E-state index contributed by atoms with van der Waals surface area (Å²) in [5.74, 6) is 0. The van der Waals surface area contributed by atoms with E-state index in [0.29, 0.717) is 10.2 Å². The van der Waals surface area contributed by atoms with Gasteiger partial charge in [-0.3, -0.25) is 0 Å². The van der Waals surface area contributed by atoms with Gasteiger partial charge in [0.1, 0.15) is 0 Å². The van der Waals surface area contributed by atoms with Crippen LogP contribution >= 0.6 is 31.6 Å². The number of halogens is 2. The van der Waals surface area contributed by atoms with Crippen LogP contribution in [-0.4, -0.2) is 0 Å². The highest BCUT2D eigenvalue weighted by Gasteiger charge is 1.43. The summed E-state index contributed by atoms with van der Waals surface area (Å²) >= 11 is 0. The first-order chi connectivity index (χ1) is 3.33. The Morgan fingerprint density at radius 3 is 1.29 bits per heavy atom. The van der Waals surface area contributed by atoms with Crippen molar-refractivity contribution in [2.24, 2.45) is 0 Å². The molecule has 0 unspecified atom stereocenters. The molecule has 7 heavy (non-hydrogen) atoms. The fourth-order valence-corrected chi connectivity index (χ4v) is 0. The third-order valence-corrected chi connectivity index (χ3v) is 0.0500. The lowest BCUT2D eigenvalue weighted by atomic mass is 10.9. The van der Waals surface area contributed by atoms with E-state index in [1.165, 1.54) is 12.1 Å². The molecule has 0 bridgehead atoms. The van der Waals surface area contributed by atoms with Gasteiger partial charge in [-0.05, 0) is 21.4 Å². The van der Waals surface area contributed by atoms with Crippen molar-refractivity contribution in [1.29, 1.82) is 10.5 Å². The molecule has 0 saturated heterocycles. The summed E-state index contributed by atoms with van der Waals surface area (Å²) in [4.78, 5) is 0. The van der Waals surface area contributed by atoms with Gasteiger partial charge in [0.05, 0.1) is 10.2 Å². The van der Waals surface area contributed by atoms with E-state index < -0.39 is 0 Å². The maximum absolute atomic E-state index is 7.26. The number of rotatable bonds is 0. The average Bonchev–Trinajstić information content (AvgIpc) is 1.69. The minimum atomic E-state index is 0.694. The quantitative estimate of drug-likeness (QED) is 0.537. The zero-order valence-corrected chi connectivity index (χ0v) is 5.39. The molecule has 0 amide bonds. The summed E-state index contributed by atoms with van der Waals surface area (Å²) in [6.07, 6.45) is 0. The van der Waals surface area contributed by atoms with Gasteiger partial charge in [-0.2, -0.15) is 10.5 Å². The van der Waals surface area contributed by atoms with E-state index in [-0.39, 0.29) is 0 Å². The third kappa shape index (κ3) is 109. The Morgan fingerprint density at radius 2 is 1.29 bits per heavy atom. The minimum absolute atomic E-state index is 0.694. The van der Waals surface area contributed by atoms with Crippen LogP contribution < -0.4 is 0 Å². The van der Waals surface area contributed by atoms with Crippen molar-refractivity contribution in [2.75, 3.05) is 0 Å². The Bertz CT molecular complexity index is 78.8. The highest BCUT2D eigenvalue weighted by atomic mass is 36.0. The van der Waals surface area contributed by atoms with Crippen molar-refractivity contribution in [2.45, 2.75) is 0 Å². The smallest absolute Gasteiger partial charge is 0.181 e. The fraction of sp³-hybridized carbons (Fsp3) is 0. The van der Waals surface area contributed by atoms with Gasteiger partial charge in [0, 0.05) is 0 Å². The topological polar surface area (TPSA) is 47.6 Å². The third-order valence-electron chi connectivity index (χ3n) is 0.0500. The van der Waals surface area contributed by atoms with Crippen LogP contribution in [0.1, 0.15) is 0 Å². The van der Waals surface area contributed by atoms with Gasteiger partial charge in [0.2, 0.25) is 0 Å². The maximum atomic E-state index is 7.26. The summed E-state index contributed by atoms with van der Waals surface area (Å²) in [7, 11) is 10.1. The molecule has 0 aromatic heterocycles. The molecule has 0 aromatic carbocycles. The van der Waals surface area contributed by atoms with Crippen LogP contribution in [0.15, 0.2) is 0 Å². The zero-order valence-electron chi connectivity index (χ0n) is 3.06. The van der Waals surface area contributed by atoms with Crippen LogP contribution in [0.25, 0.3) is 0 Å². The molecule has 5 heteroatoms. The van der Waals surface area contributed by atoms with Gasteiger partial charge in [0.15, 0.2) is 12.1 Å². The standard InChI is InChI=1S/C2N2.Cl2S/c3-1-2-4;1-3-2. The number of hydrogen-bond acceptors (Lipinski definition) is 3. The lowest BCUT2D eigenvalue weighted by molar-refractivity contribution is 1.49. The predicted molar refractivity (Wildman–Crippen MR) is 30.5 cm³/mol. The van der Waals surface area contributed by atoms with Crippen LogP contribution in [0.2, 0.25) is 0 Å². The number of nitrogens with zero attached hydrogens (tertiary/aromatic N) is 2. The first kappa shape index (κ1) is 10.0. The SMILES string of the molecule is ClSCl.N#CC#N. The summed E-state index contributed by atoms with van der Waals surface area (Å²) in [5, 5.41) is 14.5. The molecule has 38 valence electrons. The molecule has 0 N–H and O–H groups in total. The van der Waals surface area contributed by atoms with Crippen molar-refractivity contribution in [3.05, 3.63) is 0 Å². The second kappa shape index (κ2) is 16.8. The van der Waals surface area contributed by atoms with Crippen molar-refractivity contribution < 1.29 is 0 Å². The second-order valence-corrected chi connectivity index (χ2v) is 1.80. The molecule has 0 spiro atoms. The van der Waals surface area contributed by atoms with Gasteiger partial charge in [-0.15, -0.1) is 0 Å². The van der Waals surface area contributed by atoms with Crippen LogP contribution in [0.4, 0.5) is 0 Å². The van der Waals surface area contributed by atoms with Crippen LogP contribution in [0.3, 0.4) is 0 Å². The van der Waals surface area contributed by atoms with E-state index in [4.69, 9.17) is 10.5 Å². The molecule has 0 radical (unpaired) electrons. The summed E-state index contributed by atoms with van der Waals surface area (Å²) in [6.45, 7) is 0. The highest BCUT2D eigenvalue weighted by Crippen LogP contribution is 2.08. The second-order valence-electron chi connectivity index (χ2n) is 0.282.